The molecule has 1 saturated heterocycles. The zero-order chi connectivity index (χ0) is 12.8. The van der Waals surface area contributed by atoms with E-state index in [1.165, 1.54) is 6.42 Å². The highest BCUT2D eigenvalue weighted by atomic mass is 16.5. The number of hydrogen-bond donors (Lipinski definition) is 2. The van der Waals surface area contributed by atoms with E-state index in [-0.39, 0.29) is 6.10 Å². The SMILES string of the molecule is COC1CCCC1NCC(O)CN1CCOCC1. The van der Waals surface area contributed by atoms with Gasteiger partial charge in [0.1, 0.15) is 0 Å². The van der Waals surface area contributed by atoms with Crippen molar-refractivity contribution in [1.29, 1.82) is 0 Å². The van der Waals surface area contributed by atoms with Gasteiger partial charge in [-0.15, -0.1) is 0 Å². The lowest BCUT2D eigenvalue weighted by atomic mass is 10.2. The van der Waals surface area contributed by atoms with Gasteiger partial charge in [0.2, 0.25) is 0 Å². The number of β-amino-alcohol motifs (C(OH)–C–C–N with tert-alkyl or cyclic N) is 1. The number of rotatable bonds is 6. The summed E-state index contributed by atoms with van der Waals surface area (Å²) < 4.78 is 10.7. The highest BCUT2D eigenvalue weighted by Crippen LogP contribution is 2.21. The van der Waals surface area contributed by atoms with Gasteiger partial charge >= 0.3 is 0 Å². The molecule has 0 bridgehead atoms. The molecule has 5 nitrogen and oxygen atoms in total. The van der Waals surface area contributed by atoms with Crippen molar-refractivity contribution in [3.05, 3.63) is 0 Å². The van der Waals surface area contributed by atoms with Gasteiger partial charge in [0.05, 0.1) is 25.4 Å². The molecular formula is C13H26N2O3. The van der Waals surface area contributed by atoms with E-state index in [0.717, 1.165) is 45.7 Å². The van der Waals surface area contributed by atoms with Gasteiger partial charge in [-0.05, 0) is 19.3 Å². The Morgan fingerprint density at radius 3 is 2.89 bits per heavy atom. The van der Waals surface area contributed by atoms with Crippen LogP contribution >= 0.6 is 0 Å². The van der Waals surface area contributed by atoms with Gasteiger partial charge in [-0.3, -0.25) is 4.90 Å². The minimum absolute atomic E-state index is 0.304. The second-order valence-corrected chi connectivity index (χ2v) is 5.29. The normalized spacial score (nSPS) is 31.7. The third kappa shape index (κ3) is 4.17. The summed E-state index contributed by atoms with van der Waals surface area (Å²) in [5.74, 6) is 0. The van der Waals surface area contributed by atoms with Gasteiger partial charge in [-0.25, -0.2) is 0 Å². The Kier molecular flexibility index (Phi) is 5.85. The lowest BCUT2D eigenvalue weighted by molar-refractivity contribution is 0.0128. The van der Waals surface area contributed by atoms with Crippen LogP contribution in [-0.4, -0.2) is 74.8 Å². The molecule has 0 aromatic carbocycles. The lowest BCUT2D eigenvalue weighted by Gasteiger charge is -2.29. The van der Waals surface area contributed by atoms with Crippen molar-refractivity contribution in [2.45, 2.75) is 37.5 Å². The van der Waals surface area contributed by atoms with Crippen LogP contribution in [0.15, 0.2) is 0 Å². The van der Waals surface area contributed by atoms with Gasteiger partial charge in [0.25, 0.3) is 0 Å². The van der Waals surface area contributed by atoms with Gasteiger partial charge in [0.15, 0.2) is 0 Å². The number of aliphatic hydroxyl groups excluding tert-OH is 1. The van der Waals surface area contributed by atoms with Crippen molar-refractivity contribution in [3.63, 3.8) is 0 Å². The summed E-state index contributed by atoms with van der Waals surface area (Å²) in [6.45, 7) is 4.83. The van der Waals surface area contributed by atoms with Crippen molar-refractivity contribution in [2.24, 2.45) is 0 Å². The van der Waals surface area contributed by atoms with E-state index in [2.05, 4.69) is 10.2 Å². The van der Waals surface area contributed by atoms with E-state index in [1.54, 1.807) is 7.11 Å². The van der Waals surface area contributed by atoms with E-state index in [1.807, 2.05) is 0 Å². The smallest absolute Gasteiger partial charge is 0.0791 e. The molecule has 3 unspecified atom stereocenters. The summed E-state index contributed by atoms with van der Waals surface area (Å²) in [6, 6.07) is 0.411. The summed E-state index contributed by atoms with van der Waals surface area (Å²) in [7, 11) is 1.77. The Morgan fingerprint density at radius 1 is 1.39 bits per heavy atom. The molecule has 106 valence electrons. The monoisotopic (exact) mass is 258 g/mol. The van der Waals surface area contributed by atoms with Crippen molar-refractivity contribution in [3.8, 4) is 0 Å². The van der Waals surface area contributed by atoms with E-state index >= 15 is 0 Å². The molecule has 0 aromatic heterocycles. The molecule has 18 heavy (non-hydrogen) atoms. The fourth-order valence-electron chi connectivity index (χ4n) is 2.88. The third-order valence-corrected chi connectivity index (χ3v) is 3.94. The van der Waals surface area contributed by atoms with Gasteiger partial charge in [0, 0.05) is 39.3 Å². The highest BCUT2D eigenvalue weighted by molar-refractivity contribution is 4.84. The molecule has 1 saturated carbocycles. The zero-order valence-electron chi connectivity index (χ0n) is 11.3. The Balaban J connectivity index is 1.63. The third-order valence-electron chi connectivity index (χ3n) is 3.94. The van der Waals surface area contributed by atoms with Crippen LogP contribution in [0.25, 0.3) is 0 Å². The molecule has 0 spiro atoms. The van der Waals surface area contributed by atoms with Gasteiger partial charge in [-0.2, -0.15) is 0 Å². The topological polar surface area (TPSA) is 54.0 Å². The van der Waals surface area contributed by atoms with E-state index in [4.69, 9.17) is 9.47 Å². The van der Waals surface area contributed by atoms with Crippen LogP contribution in [-0.2, 0) is 9.47 Å². The Hall–Kier alpha value is -0.200. The van der Waals surface area contributed by atoms with Crippen LogP contribution in [0.2, 0.25) is 0 Å². The number of ether oxygens (including phenoxy) is 2. The van der Waals surface area contributed by atoms with Crippen molar-refractivity contribution >= 4 is 0 Å². The summed E-state index contributed by atoms with van der Waals surface area (Å²) in [6.07, 6.45) is 3.52. The fourth-order valence-corrected chi connectivity index (χ4v) is 2.88. The summed E-state index contributed by atoms with van der Waals surface area (Å²) in [5, 5.41) is 13.5. The average molecular weight is 258 g/mol. The van der Waals surface area contributed by atoms with Crippen molar-refractivity contribution in [2.75, 3.05) is 46.5 Å². The van der Waals surface area contributed by atoms with E-state index in [9.17, 15) is 5.11 Å². The predicted molar refractivity (Wildman–Crippen MR) is 69.7 cm³/mol. The first-order valence-corrected chi connectivity index (χ1v) is 7.04. The first-order chi connectivity index (χ1) is 8.79. The van der Waals surface area contributed by atoms with Gasteiger partial charge < -0.3 is 19.9 Å². The van der Waals surface area contributed by atoms with Crippen LogP contribution in [0.3, 0.4) is 0 Å². The molecule has 2 rings (SSSR count). The number of nitrogens with one attached hydrogen (secondary N) is 1. The number of aliphatic hydroxyl groups is 1. The Morgan fingerprint density at radius 2 is 2.17 bits per heavy atom. The largest absolute Gasteiger partial charge is 0.390 e. The first kappa shape index (κ1) is 14.2. The Bertz CT molecular complexity index is 234. The van der Waals surface area contributed by atoms with Crippen molar-refractivity contribution in [1.82, 2.24) is 10.2 Å². The minimum atomic E-state index is -0.304. The average Bonchev–Trinajstić information content (AvgIpc) is 2.85. The fraction of sp³-hybridized carbons (Fsp3) is 1.00. The zero-order valence-corrected chi connectivity index (χ0v) is 11.3. The Labute approximate surface area is 109 Å². The second kappa shape index (κ2) is 7.40. The van der Waals surface area contributed by atoms with Crippen LogP contribution < -0.4 is 5.32 Å². The van der Waals surface area contributed by atoms with Crippen LogP contribution in [0, 0.1) is 0 Å². The van der Waals surface area contributed by atoms with Crippen molar-refractivity contribution < 1.29 is 14.6 Å². The molecule has 2 aliphatic rings. The summed E-state index contributed by atoms with van der Waals surface area (Å²) >= 11 is 0. The lowest BCUT2D eigenvalue weighted by Crippen LogP contribution is -2.46. The number of nitrogens with zero attached hydrogens (tertiary/aromatic N) is 1. The summed E-state index contributed by atoms with van der Waals surface area (Å²) in [4.78, 5) is 2.26. The number of hydrogen-bond acceptors (Lipinski definition) is 5. The predicted octanol–water partition coefficient (Wildman–Crippen LogP) is -0.163. The highest BCUT2D eigenvalue weighted by Gasteiger charge is 2.27. The molecule has 2 N–H and O–H groups in total. The summed E-state index contributed by atoms with van der Waals surface area (Å²) in [5.41, 5.74) is 0. The minimum Gasteiger partial charge on any atom is -0.390 e. The quantitative estimate of drug-likeness (QED) is 0.693. The van der Waals surface area contributed by atoms with Crippen LogP contribution in [0.5, 0.6) is 0 Å². The first-order valence-electron chi connectivity index (χ1n) is 7.04. The molecule has 0 amide bonds. The second-order valence-electron chi connectivity index (χ2n) is 5.29. The maximum atomic E-state index is 10.0. The molecule has 1 heterocycles. The van der Waals surface area contributed by atoms with Crippen LogP contribution in [0.1, 0.15) is 19.3 Å². The maximum Gasteiger partial charge on any atom is 0.0791 e. The molecule has 1 aliphatic heterocycles. The molecular weight excluding hydrogens is 232 g/mol. The number of morpholine rings is 1. The molecule has 3 atom stereocenters. The molecule has 1 aliphatic carbocycles. The standard InChI is InChI=1S/C13H26N2O3/c1-17-13-4-2-3-12(13)14-9-11(16)10-15-5-7-18-8-6-15/h11-14,16H,2-10H2,1H3. The molecule has 5 heteroatoms. The van der Waals surface area contributed by atoms with E-state index in [0.29, 0.717) is 18.7 Å². The number of methoxy groups -OCH3 is 1. The van der Waals surface area contributed by atoms with Crippen LogP contribution in [0.4, 0.5) is 0 Å². The molecule has 0 radical (unpaired) electrons. The van der Waals surface area contributed by atoms with Gasteiger partial charge in [-0.1, -0.05) is 0 Å². The van der Waals surface area contributed by atoms with E-state index < -0.39 is 0 Å². The maximum absolute atomic E-state index is 10.0. The molecule has 2 fully saturated rings. The molecule has 0 aromatic rings.